The number of aryl methyl sites for hydroxylation is 1. The van der Waals surface area contributed by atoms with Crippen molar-refractivity contribution in [2.75, 3.05) is 0 Å². The first-order valence-electron chi connectivity index (χ1n) is 5.43. The van der Waals surface area contributed by atoms with Gasteiger partial charge in [0, 0.05) is 16.4 Å². The standard InChI is InChI=1S/C11H17NS2/c1-2-9-7-14-11(12-9)8-13-10-5-3-4-6-10/h7,10H,2-6,8H2,1H3. The van der Waals surface area contributed by atoms with E-state index in [2.05, 4.69) is 29.0 Å². The highest BCUT2D eigenvalue weighted by atomic mass is 32.2. The Balaban J connectivity index is 1.79. The zero-order valence-electron chi connectivity index (χ0n) is 8.66. The first kappa shape index (κ1) is 10.5. The lowest BCUT2D eigenvalue weighted by atomic mass is 10.4. The van der Waals surface area contributed by atoms with E-state index in [1.807, 2.05) is 11.3 Å². The van der Waals surface area contributed by atoms with Gasteiger partial charge in [-0.2, -0.15) is 11.8 Å². The largest absolute Gasteiger partial charge is 0.245 e. The summed E-state index contributed by atoms with van der Waals surface area (Å²) in [5.41, 5.74) is 1.26. The van der Waals surface area contributed by atoms with E-state index >= 15 is 0 Å². The van der Waals surface area contributed by atoms with E-state index in [9.17, 15) is 0 Å². The molecule has 0 aliphatic heterocycles. The first-order valence-corrected chi connectivity index (χ1v) is 7.36. The molecular formula is C11H17NS2. The Labute approximate surface area is 94.3 Å². The molecule has 0 amide bonds. The molecule has 0 N–H and O–H groups in total. The molecule has 0 bridgehead atoms. The Morgan fingerprint density at radius 1 is 1.50 bits per heavy atom. The zero-order valence-corrected chi connectivity index (χ0v) is 10.3. The second kappa shape index (κ2) is 5.17. The number of hydrogen-bond acceptors (Lipinski definition) is 3. The van der Waals surface area contributed by atoms with Crippen LogP contribution in [0.25, 0.3) is 0 Å². The van der Waals surface area contributed by atoms with Crippen LogP contribution in [0.4, 0.5) is 0 Å². The van der Waals surface area contributed by atoms with Crippen LogP contribution in [0.2, 0.25) is 0 Å². The summed E-state index contributed by atoms with van der Waals surface area (Å²) in [5, 5.41) is 4.44. The molecule has 1 aliphatic carbocycles. The van der Waals surface area contributed by atoms with Gasteiger partial charge in [0.1, 0.15) is 5.01 Å². The van der Waals surface area contributed by atoms with E-state index < -0.39 is 0 Å². The van der Waals surface area contributed by atoms with E-state index in [-0.39, 0.29) is 0 Å². The number of thioether (sulfide) groups is 1. The number of nitrogens with zero attached hydrogens (tertiary/aromatic N) is 1. The molecule has 1 fully saturated rings. The van der Waals surface area contributed by atoms with Crippen molar-refractivity contribution in [1.29, 1.82) is 0 Å². The van der Waals surface area contributed by atoms with Crippen molar-refractivity contribution >= 4 is 23.1 Å². The summed E-state index contributed by atoms with van der Waals surface area (Å²) in [4.78, 5) is 4.59. The van der Waals surface area contributed by atoms with Crippen molar-refractivity contribution in [2.45, 2.75) is 50.0 Å². The van der Waals surface area contributed by atoms with Crippen LogP contribution >= 0.6 is 23.1 Å². The summed E-state index contributed by atoms with van der Waals surface area (Å²) in [6, 6.07) is 0. The van der Waals surface area contributed by atoms with Gasteiger partial charge in [-0.05, 0) is 19.3 Å². The Kier molecular flexibility index (Phi) is 3.88. The van der Waals surface area contributed by atoms with Crippen LogP contribution < -0.4 is 0 Å². The molecule has 1 nitrogen and oxygen atoms in total. The van der Waals surface area contributed by atoms with Gasteiger partial charge in [0.15, 0.2) is 0 Å². The lowest BCUT2D eigenvalue weighted by Gasteiger charge is -2.05. The predicted molar refractivity (Wildman–Crippen MR) is 65.0 cm³/mol. The van der Waals surface area contributed by atoms with E-state index in [4.69, 9.17) is 0 Å². The van der Waals surface area contributed by atoms with E-state index in [1.165, 1.54) is 36.4 Å². The highest BCUT2D eigenvalue weighted by Gasteiger charge is 2.15. The minimum atomic E-state index is 0.920. The molecule has 3 heteroatoms. The first-order chi connectivity index (χ1) is 6.88. The number of aromatic nitrogens is 1. The van der Waals surface area contributed by atoms with Crippen molar-refractivity contribution in [3.63, 3.8) is 0 Å². The summed E-state index contributed by atoms with van der Waals surface area (Å²) >= 11 is 3.93. The van der Waals surface area contributed by atoms with Gasteiger partial charge < -0.3 is 0 Å². The highest BCUT2D eigenvalue weighted by Crippen LogP contribution is 2.32. The summed E-state index contributed by atoms with van der Waals surface area (Å²) < 4.78 is 0. The van der Waals surface area contributed by atoms with Crippen molar-refractivity contribution in [2.24, 2.45) is 0 Å². The third kappa shape index (κ3) is 2.74. The monoisotopic (exact) mass is 227 g/mol. The van der Waals surface area contributed by atoms with Crippen molar-refractivity contribution in [3.05, 3.63) is 16.1 Å². The van der Waals surface area contributed by atoms with Crippen LogP contribution in [0, 0.1) is 0 Å². The molecule has 0 saturated heterocycles. The van der Waals surface area contributed by atoms with Crippen LogP contribution in [0.1, 0.15) is 43.3 Å². The summed E-state index contributed by atoms with van der Waals surface area (Å²) in [6.45, 7) is 2.17. The fraction of sp³-hybridized carbons (Fsp3) is 0.727. The maximum Gasteiger partial charge on any atom is 0.103 e. The van der Waals surface area contributed by atoms with E-state index in [1.54, 1.807) is 0 Å². The van der Waals surface area contributed by atoms with Crippen LogP contribution in [0.3, 0.4) is 0 Å². The van der Waals surface area contributed by atoms with Crippen LogP contribution in [0.5, 0.6) is 0 Å². The van der Waals surface area contributed by atoms with Crippen LogP contribution in [-0.4, -0.2) is 10.2 Å². The fourth-order valence-electron chi connectivity index (χ4n) is 1.82. The highest BCUT2D eigenvalue weighted by molar-refractivity contribution is 7.99. The molecule has 1 aromatic heterocycles. The SMILES string of the molecule is CCc1csc(CSC2CCCC2)n1. The lowest BCUT2D eigenvalue weighted by Crippen LogP contribution is -1.94. The second-order valence-corrected chi connectivity index (χ2v) is 6.03. The predicted octanol–water partition coefficient (Wildman–Crippen LogP) is 3.88. The number of hydrogen-bond donors (Lipinski definition) is 0. The molecule has 0 spiro atoms. The molecule has 1 heterocycles. The summed E-state index contributed by atoms with van der Waals surface area (Å²) in [7, 11) is 0. The maximum absolute atomic E-state index is 4.59. The van der Waals surface area contributed by atoms with Crippen molar-refractivity contribution in [3.8, 4) is 0 Å². The number of thiazole rings is 1. The summed E-state index contributed by atoms with van der Waals surface area (Å²) in [5.74, 6) is 1.13. The molecule has 0 radical (unpaired) electrons. The molecule has 14 heavy (non-hydrogen) atoms. The van der Waals surface area contributed by atoms with Crippen molar-refractivity contribution < 1.29 is 0 Å². The van der Waals surface area contributed by atoms with Gasteiger partial charge >= 0.3 is 0 Å². The molecular weight excluding hydrogens is 210 g/mol. The van der Waals surface area contributed by atoms with Gasteiger partial charge in [0.05, 0.1) is 5.69 Å². The molecule has 2 rings (SSSR count). The second-order valence-electron chi connectivity index (χ2n) is 3.80. The average Bonchev–Trinajstić information content (AvgIpc) is 2.86. The van der Waals surface area contributed by atoms with Gasteiger partial charge in [0.25, 0.3) is 0 Å². The molecule has 1 saturated carbocycles. The van der Waals surface area contributed by atoms with Gasteiger partial charge in [-0.1, -0.05) is 19.8 Å². The molecule has 0 unspecified atom stereocenters. The van der Waals surface area contributed by atoms with Gasteiger partial charge in [-0.25, -0.2) is 4.98 Å². The normalized spacial score (nSPS) is 17.8. The Morgan fingerprint density at radius 3 is 2.93 bits per heavy atom. The molecule has 1 aromatic rings. The zero-order chi connectivity index (χ0) is 9.80. The Hall–Kier alpha value is -0.0200. The smallest absolute Gasteiger partial charge is 0.103 e. The van der Waals surface area contributed by atoms with Crippen LogP contribution in [-0.2, 0) is 12.2 Å². The van der Waals surface area contributed by atoms with Gasteiger partial charge in [-0.3, -0.25) is 0 Å². The van der Waals surface area contributed by atoms with E-state index in [0.29, 0.717) is 0 Å². The third-order valence-corrected chi connectivity index (χ3v) is 5.17. The average molecular weight is 227 g/mol. The molecule has 78 valence electrons. The van der Waals surface area contributed by atoms with Crippen molar-refractivity contribution in [1.82, 2.24) is 4.98 Å². The Bertz CT molecular complexity index is 277. The van der Waals surface area contributed by atoms with E-state index in [0.717, 1.165) is 17.4 Å². The fourth-order valence-corrected chi connectivity index (χ4v) is 4.07. The van der Waals surface area contributed by atoms with Crippen LogP contribution in [0.15, 0.2) is 5.38 Å². The topological polar surface area (TPSA) is 12.9 Å². The minimum absolute atomic E-state index is 0.920. The van der Waals surface area contributed by atoms with Gasteiger partial charge in [0.2, 0.25) is 0 Å². The molecule has 0 atom stereocenters. The minimum Gasteiger partial charge on any atom is -0.245 e. The Morgan fingerprint density at radius 2 is 2.29 bits per heavy atom. The quantitative estimate of drug-likeness (QED) is 0.774. The molecule has 1 aliphatic rings. The third-order valence-electron chi connectivity index (χ3n) is 2.71. The maximum atomic E-state index is 4.59. The number of rotatable bonds is 4. The summed E-state index contributed by atoms with van der Waals surface area (Å²) in [6.07, 6.45) is 6.81. The molecule has 0 aromatic carbocycles. The lowest BCUT2D eigenvalue weighted by molar-refractivity contribution is 0.886. The van der Waals surface area contributed by atoms with Gasteiger partial charge in [-0.15, -0.1) is 11.3 Å².